The highest BCUT2D eigenvalue weighted by molar-refractivity contribution is 7.93. The first-order valence-corrected chi connectivity index (χ1v) is 7.84. The van der Waals surface area contributed by atoms with E-state index in [1.165, 1.54) is 30.3 Å². The summed E-state index contributed by atoms with van der Waals surface area (Å²) in [5.74, 6) is 0. The minimum atomic E-state index is -4.07. The zero-order valence-electron chi connectivity index (χ0n) is 11.6. The van der Waals surface area contributed by atoms with Gasteiger partial charge in [0.15, 0.2) is 4.90 Å². The quantitative estimate of drug-likeness (QED) is 0.466. The van der Waals surface area contributed by atoms with Crippen LogP contribution in [0.25, 0.3) is 0 Å². The van der Waals surface area contributed by atoms with E-state index < -0.39 is 20.6 Å². The van der Waals surface area contributed by atoms with Crippen molar-refractivity contribution >= 4 is 21.4 Å². The molecule has 22 heavy (non-hydrogen) atoms. The molecule has 114 valence electrons. The first-order valence-electron chi connectivity index (χ1n) is 6.40. The fraction of sp³-hybridized carbons (Fsp3) is 0.0667. The second-order valence-corrected chi connectivity index (χ2v) is 6.22. The number of benzene rings is 2. The Morgan fingerprint density at radius 2 is 1.68 bits per heavy atom. The van der Waals surface area contributed by atoms with E-state index in [4.69, 9.17) is 0 Å². The standard InChI is InChI=1S/C15H14N2O4S/c1-2-12-16(13-8-4-3-5-9-13)22(20,21)15-11-7-6-10-14(15)17(18)19/h2-11H,1,12H2. The summed E-state index contributed by atoms with van der Waals surface area (Å²) >= 11 is 0. The molecule has 0 N–H and O–H groups in total. The van der Waals surface area contributed by atoms with Crippen LogP contribution in [0.15, 0.2) is 72.1 Å². The Morgan fingerprint density at radius 1 is 1.09 bits per heavy atom. The molecule has 0 fully saturated rings. The number of anilines is 1. The highest BCUT2D eigenvalue weighted by atomic mass is 32.2. The molecule has 6 nitrogen and oxygen atoms in total. The minimum Gasteiger partial charge on any atom is -0.262 e. The maximum absolute atomic E-state index is 12.8. The molecule has 0 saturated carbocycles. The highest BCUT2D eigenvalue weighted by Gasteiger charge is 2.30. The molecule has 0 aliphatic carbocycles. The first kappa shape index (κ1) is 15.7. The Kier molecular flexibility index (Phi) is 4.57. The molecule has 0 amide bonds. The van der Waals surface area contributed by atoms with E-state index in [0.29, 0.717) is 5.69 Å². The Morgan fingerprint density at radius 3 is 2.27 bits per heavy atom. The van der Waals surface area contributed by atoms with Crippen molar-refractivity contribution in [3.63, 3.8) is 0 Å². The lowest BCUT2D eigenvalue weighted by Gasteiger charge is -2.22. The summed E-state index contributed by atoms with van der Waals surface area (Å²) in [7, 11) is -4.07. The van der Waals surface area contributed by atoms with Gasteiger partial charge in [-0.25, -0.2) is 8.42 Å². The molecule has 0 radical (unpaired) electrons. The second-order valence-electron chi connectivity index (χ2n) is 4.39. The van der Waals surface area contributed by atoms with Crippen LogP contribution >= 0.6 is 0 Å². The predicted molar refractivity (Wildman–Crippen MR) is 84.3 cm³/mol. The van der Waals surface area contributed by atoms with Gasteiger partial charge in [-0.2, -0.15) is 0 Å². The summed E-state index contributed by atoms with van der Waals surface area (Å²) in [6, 6.07) is 13.7. The molecule has 2 rings (SSSR count). The molecule has 7 heteroatoms. The van der Waals surface area contributed by atoms with Crippen molar-refractivity contribution in [2.75, 3.05) is 10.8 Å². The van der Waals surface area contributed by atoms with Gasteiger partial charge in [0.2, 0.25) is 0 Å². The normalized spacial score (nSPS) is 10.9. The molecule has 0 spiro atoms. The van der Waals surface area contributed by atoms with Gasteiger partial charge in [0.25, 0.3) is 15.7 Å². The minimum absolute atomic E-state index is 0.0123. The summed E-state index contributed by atoms with van der Waals surface area (Å²) in [6.07, 6.45) is 1.43. The van der Waals surface area contributed by atoms with Gasteiger partial charge < -0.3 is 0 Å². The third kappa shape index (κ3) is 2.99. The number of nitrogens with zero attached hydrogens (tertiary/aromatic N) is 2. The summed E-state index contributed by atoms with van der Waals surface area (Å²) in [6.45, 7) is 3.56. The van der Waals surface area contributed by atoms with E-state index in [-0.39, 0.29) is 11.4 Å². The highest BCUT2D eigenvalue weighted by Crippen LogP contribution is 2.29. The van der Waals surface area contributed by atoms with E-state index in [0.717, 1.165) is 4.31 Å². The molecule has 0 unspecified atom stereocenters. The molecule has 0 saturated heterocycles. The fourth-order valence-corrected chi connectivity index (χ4v) is 3.59. The number of hydrogen-bond donors (Lipinski definition) is 0. The third-order valence-corrected chi connectivity index (χ3v) is 4.81. The Bertz CT molecular complexity index is 788. The maximum atomic E-state index is 12.8. The largest absolute Gasteiger partial charge is 0.289 e. The van der Waals surface area contributed by atoms with Crippen molar-refractivity contribution < 1.29 is 13.3 Å². The smallest absolute Gasteiger partial charge is 0.262 e. The first-order chi connectivity index (χ1) is 10.5. The Labute approximate surface area is 128 Å². The lowest BCUT2D eigenvalue weighted by Crippen LogP contribution is -2.31. The molecule has 0 aromatic heterocycles. The van der Waals surface area contributed by atoms with Crippen molar-refractivity contribution in [3.8, 4) is 0 Å². The molecule has 0 aliphatic rings. The molecule has 2 aromatic rings. The zero-order valence-corrected chi connectivity index (χ0v) is 12.4. The van der Waals surface area contributed by atoms with Gasteiger partial charge in [0.1, 0.15) is 0 Å². The molecule has 0 atom stereocenters. The van der Waals surface area contributed by atoms with Gasteiger partial charge in [0, 0.05) is 6.07 Å². The summed E-state index contributed by atoms with van der Waals surface area (Å²) in [5.41, 5.74) is -0.0342. The number of nitro benzene ring substituents is 1. The second kappa shape index (κ2) is 6.40. The van der Waals surface area contributed by atoms with Gasteiger partial charge in [-0.05, 0) is 18.2 Å². The molecular formula is C15H14N2O4S. The van der Waals surface area contributed by atoms with Crippen LogP contribution in [0.1, 0.15) is 0 Å². The topological polar surface area (TPSA) is 80.5 Å². The van der Waals surface area contributed by atoms with Crippen molar-refractivity contribution in [3.05, 3.63) is 77.4 Å². The summed E-state index contributed by atoms with van der Waals surface area (Å²) < 4.78 is 26.7. The van der Waals surface area contributed by atoms with Crippen molar-refractivity contribution in [1.29, 1.82) is 0 Å². The average molecular weight is 318 g/mol. The van der Waals surface area contributed by atoms with E-state index in [1.54, 1.807) is 30.3 Å². The van der Waals surface area contributed by atoms with Crippen molar-refractivity contribution in [2.45, 2.75) is 4.90 Å². The molecule has 2 aromatic carbocycles. The zero-order chi connectivity index (χ0) is 16.2. The van der Waals surface area contributed by atoms with Crippen LogP contribution in [-0.2, 0) is 10.0 Å². The summed E-state index contributed by atoms with van der Waals surface area (Å²) in [4.78, 5) is 10.0. The predicted octanol–water partition coefficient (Wildman–Crippen LogP) is 2.98. The van der Waals surface area contributed by atoms with Crippen LogP contribution in [-0.4, -0.2) is 19.9 Å². The monoisotopic (exact) mass is 318 g/mol. The van der Waals surface area contributed by atoms with E-state index in [1.807, 2.05) is 0 Å². The molecule has 0 aliphatic heterocycles. The van der Waals surface area contributed by atoms with Crippen LogP contribution in [0, 0.1) is 10.1 Å². The number of nitro groups is 1. The van der Waals surface area contributed by atoms with E-state index in [2.05, 4.69) is 6.58 Å². The Hall–Kier alpha value is -2.67. The van der Waals surface area contributed by atoms with Gasteiger partial charge >= 0.3 is 0 Å². The number of hydrogen-bond acceptors (Lipinski definition) is 4. The SMILES string of the molecule is C=CCN(c1ccccc1)S(=O)(=O)c1ccccc1[N+](=O)[O-]. The molecule has 0 heterocycles. The number of rotatable bonds is 6. The van der Waals surface area contributed by atoms with Crippen LogP contribution in [0.3, 0.4) is 0 Å². The van der Waals surface area contributed by atoms with Gasteiger partial charge in [-0.15, -0.1) is 6.58 Å². The average Bonchev–Trinajstić information content (AvgIpc) is 2.53. The van der Waals surface area contributed by atoms with Crippen LogP contribution < -0.4 is 4.31 Å². The fourth-order valence-electron chi connectivity index (χ4n) is 2.00. The lowest BCUT2D eigenvalue weighted by atomic mass is 10.3. The molecule has 0 bridgehead atoms. The van der Waals surface area contributed by atoms with Crippen LogP contribution in [0.4, 0.5) is 11.4 Å². The maximum Gasteiger partial charge on any atom is 0.289 e. The summed E-state index contributed by atoms with van der Waals surface area (Å²) in [5, 5.41) is 11.1. The van der Waals surface area contributed by atoms with Gasteiger partial charge in [-0.3, -0.25) is 14.4 Å². The Balaban J connectivity index is 2.61. The van der Waals surface area contributed by atoms with E-state index >= 15 is 0 Å². The lowest BCUT2D eigenvalue weighted by molar-refractivity contribution is -0.387. The van der Waals surface area contributed by atoms with Gasteiger partial charge in [0.05, 0.1) is 17.2 Å². The third-order valence-electron chi connectivity index (χ3n) is 2.97. The van der Waals surface area contributed by atoms with Crippen molar-refractivity contribution in [1.82, 2.24) is 0 Å². The number of sulfonamides is 1. The van der Waals surface area contributed by atoms with Gasteiger partial charge in [-0.1, -0.05) is 36.4 Å². The van der Waals surface area contributed by atoms with Crippen LogP contribution in [0.2, 0.25) is 0 Å². The van der Waals surface area contributed by atoms with Crippen LogP contribution in [0.5, 0.6) is 0 Å². The van der Waals surface area contributed by atoms with E-state index in [9.17, 15) is 18.5 Å². The van der Waals surface area contributed by atoms with Crippen molar-refractivity contribution in [2.24, 2.45) is 0 Å². The number of para-hydroxylation sites is 2. The molecular weight excluding hydrogens is 304 g/mol.